The van der Waals surface area contributed by atoms with E-state index in [1.165, 1.54) is 10.5 Å². The van der Waals surface area contributed by atoms with Gasteiger partial charge in [0.1, 0.15) is 12.4 Å². The van der Waals surface area contributed by atoms with Crippen molar-refractivity contribution in [2.24, 2.45) is 5.10 Å². The Balaban J connectivity index is 1.41. The standard InChI is InChI=1S/C29H26ClN3O4S/c1-38(35,36)33(20-25-12-5-7-13-27(25)30)26-17-15-23(16-18-26)29(34)32-31-19-24-11-6-8-14-28(24)37-21-22-9-3-2-4-10-22/h2-19H,20-21H2,1H3,(H,32,34)/b31-19-. The molecule has 9 heteroatoms. The van der Waals surface area contributed by atoms with Gasteiger partial charge in [-0.1, -0.05) is 72.3 Å². The van der Waals surface area contributed by atoms with E-state index in [1.54, 1.807) is 48.5 Å². The lowest BCUT2D eigenvalue weighted by Gasteiger charge is -2.23. The number of hydrogen-bond acceptors (Lipinski definition) is 5. The highest BCUT2D eigenvalue weighted by atomic mass is 35.5. The van der Waals surface area contributed by atoms with Gasteiger partial charge in [0.15, 0.2) is 0 Å². The van der Waals surface area contributed by atoms with E-state index in [4.69, 9.17) is 16.3 Å². The maximum Gasteiger partial charge on any atom is 0.271 e. The molecule has 0 fully saturated rings. The Morgan fingerprint density at radius 3 is 2.29 bits per heavy atom. The minimum atomic E-state index is -3.60. The van der Waals surface area contributed by atoms with E-state index >= 15 is 0 Å². The van der Waals surface area contributed by atoms with E-state index in [-0.39, 0.29) is 6.54 Å². The average Bonchev–Trinajstić information content (AvgIpc) is 2.92. The van der Waals surface area contributed by atoms with Gasteiger partial charge in [-0.3, -0.25) is 9.10 Å². The van der Waals surface area contributed by atoms with Gasteiger partial charge in [0.25, 0.3) is 5.91 Å². The maximum atomic E-state index is 12.6. The fourth-order valence-corrected chi connectivity index (χ4v) is 4.71. The van der Waals surface area contributed by atoms with Gasteiger partial charge in [-0.15, -0.1) is 0 Å². The molecule has 0 aliphatic heterocycles. The highest BCUT2D eigenvalue weighted by molar-refractivity contribution is 7.92. The first-order valence-corrected chi connectivity index (χ1v) is 13.9. The smallest absolute Gasteiger partial charge is 0.271 e. The molecule has 0 aliphatic rings. The van der Waals surface area contributed by atoms with Crippen LogP contribution in [0, 0.1) is 0 Å². The molecule has 4 rings (SSSR count). The molecular weight excluding hydrogens is 522 g/mol. The number of hydrogen-bond donors (Lipinski definition) is 1. The van der Waals surface area contributed by atoms with Crippen LogP contribution in [0.3, 0.4) is 0 Å². The summed E-state index contributed by atoms with van der Waals surface area (Å²) in [4.78, 5) is 12.6. The third kappa shape index (κ3) is 7.21. The molecule has 4 aromatic carbocycles. The second-order valence-corrected chi connectivity index (χ2v) is 10.7. The molecule has 38 heavy (non-hydrogen) atoms. The van der Waals surface area contributed by atoms with Crippen LogP contribution in [0.2, 0.25) is 5.02 Å². The van der Waals surface area contributed by atoms with E-state index in [1.807, 2.05) is 54.6 Å². The number of ether oxygens (including phenoxy) is 1. The molecule has 0 aliphatic carbocycles. The van der Waals surface area contributed by atoms with Crippen molar-refractivity contribution in [2.75, 3.05) is 10.6 Å². The summed E-state index contributed by atoms with van der Waals surface area (Å²) in [5, 5.41) is 4.54. The topological polar surface area (TPSA) is 88.1 Å². The average molecular weight is 548 g/mol. The zero-order valence-electron chi connectivity index (χ0n) is 20.6. The predicted molar refractivity (Wildman–Crippen MR) is 151 cm³/mol. The van der Waals surface area contributed by atoms with Crippen molar-refractivity contribution >= 4 is 39.4 Å². The predicted octanol–water partition coefficient (Wildman–Crippen LogP) is 5.65. The number of rotatable bonds is 10. The first-order chi connectivity index (χ1) is 18.3. The monoisotopic (exact) mass is 547 g/mol. The summed E-state index contributed by atoms with van der Waals surface area (Å²) in [5.74, 6) is 0.200. The number of anilines is 1. The van der Waals surface area contributed by atoms with Crippen molar-refractivity contribution in [2.45, 2.75) is 13.2 Å². The van der Waals surface area contributed by atoms with E-state index in [0.717, 1.165) is 11.8 Å². The first kappa shape index (κ1) is 26.9. The van der Waals surface area contributed by atoms with Crippen molar-refractivity contribution in [3.05, 3.63) is 130 Å². The van der Waals surface area contributed by atoms with Gasteiger partial charge in [-0.05, 0) is 53.6 Å². The Morgan fingerprint density at radius 2 is 1.58 bits per heavy atom. The van der Waals surface area contributed by atoms with Gasteiger partial charge in [0.05, 0.1) is 24.7 Å². The van der Waals surface area contributed by atoms with Crippen LogP contribution in [0.1, 0.15) is 27.0 Å². The van der Waals surface area contributed by atoms with Crippen LogP contribution in [-0.2, 0) is 23.2 Å². The van der Waals surface area contributed by atoms with Crippen LogP contribution in [0.4, 0.5) is 5.69 Å². The van der Waals surface area contributed by atoms with Gasteiger partial charge in [-0.2, -0.15) is 5.10 Å². The van der Waals surface area contributed by atoms with Crippen molar-refractivity contribution in [3.8, 4) is 5.75 Å². The third-order valence-electron chi connectivity index (χ3n) is 5.62. The molecule has 1 N–H and O–H groups in total. The van der Waals surface area contributed by atoms with Crippen LogP contribution in [0.15, 0.2) is 108 Å². The minimum absolute atomic E-state index is 0.0695. The van der Waals surface area contributed by atoms with E-state index in [0.29, 0.717) is 39.8 Å². The summed E-state index contributed by atoms with van der Waals surface area (Å²) in [6, 6.07) is 30.5. The zero-order chi connectivity index (χ0) is 27.0. The molecule has 0 bridgehead atoms. The Labute approximate surface area is 227 Å². The summed E-state index contributed by atoms with van der Waals surface area (Å²) in [6.07, 6.45) is 2.64. The molecule has 7 nitrogen and oxygen atoms in total. The fraction of sp³-hybridized carbons (Fsp3) is 0.103. The van der Waals surface area contributed by atoms with Crippen molar-refractivity contribution in [1.29, 1.82) is 0 Å². The van der Waals surface area contributed by atoms with E-state index in [9.17, 15) is 13.2 Å². The van der Waals surface area contributed by atoms with Crippen LogP contribution >= 0.6 is 11.6 Å². The number of halogens is 1. The molecule has 194 valence electrons. The molecule has 0 spiro atoms. The molecule has 4 aromatic rings. The first-order valence-electron chi connectivity index (χ1n) is 11.7. The van der Waals surface area contributed by atoms with Crippen molar-refractivity contribution in [1.82, 2.24) is 5.43 Å². The number of benzene rings is 4. The van der Waals surface area contributed by atoms with E-state index < -0.39 is 15.9 Å². The quantitative estimate of drug-likeness (QED) is 0.205. The molecule has 0 heterocycles. The largest absolute Gasteiger partial charge is 0.488 e. The van der Waals surface area contributed by atoms with Crippen LogP contribution in [-0.4, -0.2) is 26.8 Å². The maximum absolute atomic E-state index is 12.6. The number of nitrogens with zero attached hydrogens (tertiary/aromatic N) is 2. The Bertz CT molecular complexity index is 1530. The van der Waals surface area contributed by atoms with Crippen molar-refractivity contribution < 1.29 is 17.9 Å². The lowest BCUT2D eigenvalue weighted by atomic mass is 10.2. The Kier molecular flexibility index (Phi) is 8.78. The Hall–Kier alpha value is -4.14. The van der Waals surface area contributed by atoms with Gasteiger partial charge in [-0.25, -0.2) is 13.8 Å². The molecule has 0 aromatic heterocycles. The van der Waals surface area contributed by atoms with E-state index in [2.05, 4.69) is 10.5 Å². The van der Waals surface area contributed by atoms with Gasteiger partial charge >= 0.3 is 0 Å². The summed E-state index contributed by atoms with van der Waals surface area (Å²) in [5.41, 5.74) is 5.66. The van der Waals surface area contributed by atoms with Crippen molar-refractivity contribution in [3.63, 3.8) is 0 Å². The second kappa shape index (κ2) is 12.4. The van der Waals surface area contributed by atoms with Gasteiger partial charge in [0.2, 0.25) is 10.0 Å². The van der Waals surface area contributed by atoms with Gasteiger partial charge in [0, 0.05) is 16.1 Å². The van der Waals surface area contributed by atoms with Crippen LogP contribution in [0.5, 0.6) is 5.75 Å². The number of para-hydroxylation sites is 1. The molecule has 0 saturated carbocycles. The zero-order valence-corrected chi connectivity index (χ0v) is 22.2. The third-order valence-corrected chi connectivity index (χ3v) is 7.12. The number of sulfonamides is 1. The molecular formula is C29H26ClN3O4S. The summed E-state index contributed by atoms with van der Waals surface area (Å²) >= 11 is 6.23. The fourth-order valence-electron chi connectivity index (χ4n) is 3.64. The minimum Gasteiger partial charge on any atom is -0.488 e. The molecule has 0 saturated heterocycles. The normalized spacial score (nSPS) is 11.3. The number of hydrazone groups is 1. The number of amides is 1. The molecule has 0 atom stereocenters. The second-order valence-electron chi connectivity index (χ2n) is 8.42. The highest BCUT2D eigenvalue weighted by Crippen LogP contribution is 2.24. The Morgan fingerprint density at radius 1 is 0.921 bits per heavy atom. The number of carbonyl (C=O) groups is 1. The summed E-state index contributed by atoms with van der Waals surface area (Å²) in [6.45, 7) is 0.478. The number of carbonyl (C=O) groups excluding carboxylic acids is 1. The summed E-state index contributed by atoms with van der Waals surface area (Å²) < 4.78 is 32.1. The SMILES string of the molecule is CS(=O)(=O)N(Cc1ccccc1Cl)c1ccc(C(=O)N/N=C\c2ccccc2OCc2ccccc2)cc1. The molecule has 0 unspecified atom stereocenters. The lowest BCUT2D eigenvalue weighted by Crippen LogP contribution is -2.29. The van der Waals surface area contributed by atoms with Crippen LogP contribution < -0.4 is 14.5 Å². The highest BCUT2D eigenvalue weighted by Gasteiger charge is 2.19. The summed E-state index contributed by atoms with van der Waals surface area (Å²) in [7, 11) is -3.60. The number of nitrogens with one attached hydrogen (secondary N) is 1. The van der Waals surface area contributed by atoms with Gasteiger partial charge < -0.3 is 4.74 Å². The lowest BCUT2D eigenvalue weighted by molar-refractivity contribution is 0.0955. The molecule has 0 radical (unpaired) electrons. The molecule has 1 amide bonds. The van der Waals surface area contributed by atoms with Crippen LogP contribution in [0.25, 0.3) is 0 Å².